The van der Waals surface area contributed by atoms with Gasteiger partial charge in [-0.1, -0.05) is 147 Å². The van der Waals surface area contributed by atoms with Crippen molar-refractivity contribution >= 4 is 36.0 Å². The van der Waals surface area contributed by atoms with E-state index in [2.05, 4.69) is 106 Å². The van der Waals surface area contributed by atoms with Crippen LogP contribution >= 0.6 is 0 Å². The Hall–Kier alpha value is -4.44. The molecule has 4 fully saturated rings. The van der Waals surface area contributed by atoms with E-state index in [9.17, 15) is 39.3 Å². The van der Waals surface area contributed by atoms with Gasteiger partial charge in [-0.25, -0.2) is 0 Å². The first kappa shape index (κ1) is 62.8. The maximum atomic E-state index is 14.6. The second kappa shape index (κ2) is 22.1. The van der Waals surface area contributed by atoms with Crippen molar-refractivity contribution in [2.75, 3.05) is 13.1 Å². The normalized spacial score (nSPS) is 37.7. The third-order valence-electron chi connectivity index (χ3n) is 23.3. The Labute approximate surface area is 471 Å². The Morgan fingerprint density at radius 2 is 0.859 bits per heavy atom. The molecule has 0 saturated heterocycles. The Morgan fingerprint density at radius 1 is 0.538 bits per heavy atom. The van der Waals surface area contributed by atoms with Crippen LogP contribution in [0.15, 0.2) is 46.6 Å². The highest BCUT2D eigenvalue weighted by atomic mass is 16.2. The fourth-order valence-electron chi connectivity index (χ4n) is 17.4. The van der Waals surface area contributed by atoms with Gasteiger partial charge in [-0.3, -0.25) is 28.8 Å². The molecule has 0 heterocycles. The van der Waals surface area contributed by atoms with E-state index in [0.717, 1.165) is 152 Å². The summed E-state index contributed by atoms with van der Waals surface area (Å²) in [6, 6.07) is 4.39. The van der Waals surface area contributed by atoms with Crippen molar-refractivity contribution in [3.63, 3.8) is 0 Å². The fourth-order valence-corrected chi connectivity index (χ4v) is 17.4. The number of aldehydes is 2. The molecule has 10 heteroatoms. The van der Waals surface area contributed by atoms with Gasteiger partial charge in [0, 0.05) is 45.6 Å². The number of amides is 2. The number of rotatable bonds is 17. The van der Waals surface area contributed by atoms with Crippen molar-refractivity contribution in [2.24, 2.45) is 76.8 Å². The van der Waals surface area contributed by atoms with Crippen LogP contribution in [-0.4, -0.2) is 49.0 Å². The van der Waals surface area contributed by atoms with Crippen LogP contribution in [0.3, 0.4) is 0 Å². The zero-order valence-electron chi connectivity index (χ0n) is 51.5. The molecule has 6 rings (SSSR count). The molecule has 0 aromatic rings. The molecule has 6 atom stereocenters. The summed E-state index contributed by atoms with van der Waals surface area (Å²) >= 11 is 0. The number of carbonyl (C=O) groups excluding carboxylic acids is 6. The van der Waals surface area contributed by atoms with E-state index in [1.165, 1.54) is 0 Å². The minimum absolute atomic E-state index is 0.0368. The maximum Gasteiger partial charge on any atom is 0.226 e. The molecule has 2 N–H and O–H groups in total. The summed E-state index contributed by atoms with van der Waals surface area (Å²) in [5.41, 5.74) is -2.34. The SMILES string of the molecule is CC(C)(C)CCC1(C(=O)NCCCCCCNC(=O)C2(CCC(C)(C)C)CCC(C)([C@]3(C)CC[C@H]4C(C)(C)C(=O)C(C#N)=C[C@]4(C)/C3=C/C=O)CC2)CCC(C)([C@]2(C)CC[C@H]3C(C)(C)C(=O)C(C#N)=C[C@]3(C)/C2=C/C=O)CC1. The summed E-state index contributed by atoms with van der Waals surface area (Å²) in [6.07, 6.45) is 25.7. The molecule has 0 bridgehead atoms. The third-order valence-corrected chi connectivity index (χ3v) is 23.3. The lowest BCUT2D eigenvalue weighted by Gasteiger charge is -2.63. The van der Waals surface area contributed by atoms with Gasteiger partial charge in [0.25, 0.3) is 0 Å². The van der Waals surface area contributed by atoms with Crippen LogP contribution < -0.4 is 10.6 Å². The number of ketones is 2. The van der Waals surface area contributed by atoms with E-state index >= 15 is 0 Å². The Morgan fingerprint density at radius 3 is 1.14 bits per heavy atom. The summed E-state index contributed by atoms with van der Waals surface area (Å²) in [6.45, 7) is 36.1. The number of allylic oxidation sites excluding steroid dienone is 8. The summed E-state index contributed by atoms with van der Waals surface area (Å²) in [4.78, 5) is 81.1. The second-order valence-electron chi connectivity index (χ2n) is 31.0. The van der Waals surface area contributed by atoms with E-state index in [-0.39, 0.29) is 78.9 Å². The lowest BCUT2D eigenvalue weighted by Crippen LogP contribution is -2.57. The van der Waals surface area contributed by atoms with Crippen molar-refractivity contribution < 1.29 is 28.8 Å². The molecular formula is C68H102N4O6. The van der Waals surface area contributed by atoms with E-state index in [0.29, 0.717) is 13.1 Å². The van der Waals surface area contributed by atoms with Gasteiger partial charge in [-0.15, -0.1) is 0 Å². The van der Waals surface area contributed by atoms with Gasteiger partial charge in [0.2, 0.25) is 11.8 Å². The molecular weight excluding hydrogens is 969 g/mol. The van der Waals surface area contributed by atoms with Crippen LogP contribution in [0.2, 0.25) is 0 Å². The summed E-state index contributed by atoms with van der Waals surface area (Å²) < 4.78 is 0. The molecule has 6 aliphatic rings. The number of hydrogen-bond acceptors (Lipinski definition) is 8. The fraction of sp³-hybridized carbons (Fsp3) is 0.765. The molecule has 4 saturated carbocycles. The first-order chi connectivity index (χ1) is 36.0. The third kappa shape index (κ3) is 11.2. The lowest BCUT2D eigenvalue weighted by molar-refractivity contribution is -0.140. The number of hydrogen-bond donors (Lipinski definition) is 2. The molecule has 0 aromatic heterocycles. The Kier molecular flexibility index (Phi) is 17.8. The van der Waals surface area contributed by atoms with Gasteiger partial charge >= 0.3 is 0 Å². The minimum Gasteiger partial charge on any atom is -0.356 e. The predicted molar refractivity (Wildman–Crippen MR) is 311 cm³/mol. The number of fused-ring (bicyclic) bond motifs is 2. The highest BCUT2D eigenvalue weighted by Crippen LogP contribution is 2.71. The van der Waals surface area contributed by atoms with Crippen molar-refractivity contribution in [2.45, 2.75) is 239 Å². The number of nitrogens with one attached hydrogen (secondary N) is 2. The van der Waals surface area contributed by atoms with E-state index < -0.39 is 32.5 Å². The second-order valence-corrected chi connectivity index (χ2v) is 31.0. The van der Waals surface area contributed by atoms with Crippen molar-refractivity contribution in [3.05, 3.63) is 46.6 Å². The van der Waals surface area contributed by atoms with E-state index in [4.69, 9.17) is 0 Å². The Bertz CT molecular complexity index is 2390. The van der Waals surface area contributed by atoms with Crippen LogP contribution in [-0.2, 0) is 28.8 Å². The largest absolute Gasteiger partial charge is 0.356 e. The minimum atomic E-state index is -0.734. The van der Waals surface area contributed by atoms with Crippen molar-refractivity contribution in [3.8, 4) is 12.1 Å². The molecule has 0 aliphatic heterocycles. The molecule has 6 aliphatic carbocycles. The van der Waals surface area contributed by atoms with Crippen LogP contribution in [0, 0.1) is 99.5 Å². The number of Topliss-reactive ketones (excluding diaryl/α,β-unsaturated/α-hetero) is 2. The van der Waals surface area contributed by atoms with Gasteiger partial charge in [0.15, 0.2) is 11.6 Å². The smallest absolute Gasteiger partial charge is 0.226 e. The van der Waals surface area contributed by atoms with Gasteiger partial charge < -0.3 is 10.6 Å². The summed E-state index contributed by atoms with van der Waals surface area (Å²) in [5.74, 6) is -0.0101. The molecule has 0 unspecified atom stereocenters. The van der Waals surface area contributed by atoms with Gasteiger partial charge in [0.1, 0.15) is 24.7 Å². The van der Waals surface area contributed by atoms with E-state index in [1.807, 2.05) is 39.8 Å². The van der Waals surface area contributed by atoms with Crippen molar-refractivity contribution in [1.29, 1.82) is 10.5 Å². The number of nitriles is 2. The molecule has 0 spiro atoms. The summed E-state index contributed by atoms with van der Waals surface area (Å²) in [5, 5.41) is 27.0. The molecule has 2 amide bonds. The van der Waals surface area contributed by atoms with Crippen LogP contribution in [0.5, 0.6) is 0 Å². The van der Waals surface area contributed by atoms with Gasteiger partial charge in [-0.2, -0.15) is 10.5 Å². The molecule has 10 nitrogen and oxygen atoms in total. The first-order valence-corrected chi connectivity index (χ1v) is 30.3. The zero-order chi connectivity index (χ0) is 58.4. The standard InChI is InChI=1S/C68H102N4O6/c1-57(2,3)27-33-67(35-29-61(11,30-36-67)65(15)25-21-49-59(7,8)53(75)47(45-69)43-63(49,13)51(65)23-41-73)55(77)71-39-19-17-18-20-40-72-56(78)68(34-28-58(4,5)6)37-31-62(12,32-38-68)66(16)26-22-50-60(9,10)54(76)48(46-70)44-64(50,14)52(66)24-42-74/h23-24,41-44,49-50H,17-22,25-40H2,1-16H3,(H,71,77)(H,72,78)/b51-23-,52-24-/t49-,50-,61?,62?,63-,64-,65+,66+,67?,68?/m0/s1. The van der Waals surface area contributed by atoms with Crippen LogP contribution in [0.25, 0.3) is 0 Å². The first-order valence-electron chi connectivity index (χ1n) is 30.3. The average Bonchev–Trinajstić information content (AvgIpc) is 3.47. The molecule has 430 valence electrons. The van der Waals surface area contributed by atoms with E-state index in [1.54, 1.807) is 12.2 Å². The van der Waals surface area contributed by atoms with Crippen LogP contribution in [0.1, 0.15) is 239 Å². The number of carbonyl (C=O) groups is 6. The van der Waals surface area contributed by atoms with Gasteiger partial charge in [0.05, 0.1) is 11.1 Å². The van der Waals surface area contributed by atoms with Crippen molar-refractivity contribution in [1.82, 2.24) is 10.6 Å². The average molecular weight is 1070 g/mol. The molecule has 78 heavy (non-hydrogen) atoms. The molecule has 0 radical (unpaired) electrons. The number of unbranched alkanes of at least 4 members (excludes halogenated alkanes) is 3. The molecule has 0 aromatic carbocycles. The van der Waals surface area contributed by atoms with Gasteiger partial charge in [-0.05, 0) is 172 Å². The maximum absolute atomic E-state index is 14.6. The summed E-state index contributed by atoms with van der Waals surface area (Å²) in [7, 11) is 0. The Balaban J connectivity index is 1.06. The highest BCUT2D eigenvalue weighted by molar-refractivity contribution is 6.05. The zero-order valence-corrected chi connectivity index (χ0v) is 51.5. The monoisotopic (exact) mass is 1070 g/mol. The quantitative estimate of drug-likeness (QED) is 0.0822. The topological polar surface area (TPSA) is 174 Å². The van der Waals surface area contributed by atoms with Crippen LogP contribution in [0.4, 0.5) is 0 Å². The highest BCUT2D eigenvalue weighted by Gasteiger charge is 2.65. The predicted octanol–water partition coefficient (Wildman–Crippen LogP) is 14.8. The number of nitrogens with zero attached hydrogens (tertiary/aromatic N) is 2. The lowest BCUT2D eigenvalue weighted by atomic mass is 9.40.